The van der Waals surface area contributed by atoms with E-state index in [0.29, 0.717) is 0 Å². The first kappa shape index (κ1) is 34.0. The number of quaternary nitrogens is 1. The smallest absolute Gasteiger partial charge is 0.0815 e. The third kappa shape index (κ3) is 18.3. The molecule has 0 aromatic carbocycles. The molecule has 0 aliphatic rings. The zero-order valence-corrected chi connectivity index (χ0v) is 25.3. The first-order valence-corrected chi connectivity index (χ1v) is 16.5. The second-order valence-electron chi connectivity index (χ2n) is 11.9. The van der Waals surface area contributed by atoms with Gasteiger partial charge in [-0.2, -0.15) is 0 Å². The van der Waals surface area contributed by atoms with Gasteiger partial charge >= 0.3 is 0 Å². The van der Waals surface area contributed by atoms with Crippen LogP contribution in [0.2, 0.25) is 0 Å². The Balaban J connectivity index is 5.29. The molecule has 0 radical (unpaired) electrons. The molecule has 2 unspecified atom stereocenters. The van der Waals surface area contributed by atoms with E-state index in [1.54, 1.807) is 0 Å². The van der Waals surface area contributed by atoms with Gasteiger partial charge in [-0.15, -0.1) is 0 Å². The van der Waals surface area contributed by atoms with E-state index in [2.05, 4.69) is 41.5 Å². The lowest BCUT2D eigenvalue weighted by molar-refractivity contribution is -0.932. The van der Waals surface area contributed by atoms with E-state index in [4.69, 9.17) is 0 Å². The van der Waals surface area contributed by atoms with Crippen molar-refractivity contribution in [2.24, 2.45) is 11.8 Å². The number of rotatable bonds is 27. The van der Waals surface area contributed by atoms with E-state index in [0.717, 1.165) is 11.8 Å². The molecular formula is C33H70N+. The lowest BCUT2D eigenvalue weighted by Gasteiger charge is -2.42. The van der Waals surface area contributed by atoms with Crippen molar-refractivity contribution in [2.75, 3.05) is 26.2 Å². The summed E-state index contributed by atoms with van der Waals surface area (Å²) in [5.74, 6) is 1.90. The first-order chi connectivity index (χ1) is 16.6. The van der Waals surface area contributed by atoms with Gasteiger partial charge in [-0.05, 0) is 50.9 Å². The monoisotopic (exact) mass is 481 g/mol. The summed E-state index contributed by atoms with van der Waals surface area (Å²) in [5, 5.41) is 0. The van der Waals surface area contributed by atoms with Gasteiger partial charge in [-0.1, -0.05) is 131 Å². The zero-order valence-electron chi connectivity index (χ0n) is 25.3. The van der Waals surface area contributed by atoms with Crippen LogP contribution in [-0.2, 0) is 0 Å². The van der Waals surface area contributed by atoms with Crippen LogP contribution in [0.5, 0.6) is 0 Å². The van der Waals surface area contributed by atoms with E-state index in [9.17, 15) is 0 Å². The van der Waals surface area contributed by atoms with Gasteiger partial charge in [0.15, 0.2) is 0 Å². The fourth-order valence-electron chi connectivity index (χ4n) is 6.03. The maximum atomic E-state index is 2.47. The SMILES string of the molecule is CCCCCCCC[N+](CCCCCCCC)(CCC(CC)CCCC)CC(CC)CCCC. The molecule has 0 saturated heterocycles. The van der Waals surface area contributed by atoms with Crippen molar-refractivity contribution in [3.8, 4) is 0 Å². The van der Waals surface area contributed by atoms with Gasteiger partial charge < -0.3 is 4.48 Å². The Morgan fingerprint density at radius 2 is 0.794 bits per heavy atom. The molecular weight excluding hydrogens is 410 g/mol. The summed E-state index contributed by atoms with van der Waals surface area (Å²) in [5.41, 5.74) is 0. The van der Waals surface area contributed by atoms with Crippen molar-refractivity contribution < 1.29 is 4.48 Å². The molecule has 1 nitrogen and oxygen atoms in total. The molecule has 34 heavy (non-hydrogen) atoms. The van der Waals surface area contributed by atoms with Crippen molar-refractivity contribution in [1.82, 2.24) is 0 Å². The molecule has 0 aliphatic heterocycles. The fraction of sp³-hybridized carbons (Fsp3) is 1.00. The predicted molar refractivity (Wildman–Crippen MR) is 158 cm³/mol. The Labute approximate surface area is 218 Å². The van der Waals surface area contributed by atoms with Gasteiger partial charge in [0.2, 0.25) is 0 Å². The third-order valence-electron chi connectivity index (χ3n) is 8.72. The second kappa shape index (κ2) is 24.6. The Morgan fingerprint density at radius 3 is 1.24 bits per heavy atom. The number of nitrogens with zero attached hydrogens (tertiary/aromatic N) is 1. The van der Waals surface area contributed by atoms with Crippen LogP contribution in [0.4, 0.5) is 0 Å². The summed E-state index contributed by atoms with van der Waals surface area (Å²) in [4.78, 5) is 0. The Kier molecular flexibility index (Phi) is 24.6. The minimum atomic E-state index is 0.941. The Morgan fingerprint density at radius 1 is 0.382 bits per heavy atom. The molecule has 0 fully saturated rings. The average molecular weight is 481 g/mol. The van der Waals surface area contributed by atoms with Gasteiger partial charge in [0.1, 0.15) is 0 Å². The van der Waals surface area contributed by atoms with E-state index >= 15 is 0 Å². The standard InChI is InChI=1S/C33H70N/c1-7-13-17-19-21-23-28-34(29-24-22-20-18-14-8-2,31-33(12-6)26-16-10-4)30-27-32(11-5)25-15-9-3/h32-33H,7-31H2,1-6H3/q+1. The highest BCUT2D eigenvalue weighted by Crippen LogP contribution is 2.26. The van der Waals surface area contributed by atoms with E-state index in [-0.39, 0.29) is 0 Å². The molecule has 206 valence electrons. The highest BCUT2D eigenvalue weighted by molar-refractivity contribution is 4.63. The Hall–Kier alpha value is -0.0400. The van der Waals surface area contributed by atoms with Gasteiger partial charge in [-0.25, -0.2) is 0 Å². The Bertz CT molecular complexity index is 374. The number of unbranched alkanes of at least 4 members (excludes halogenated alkanes) is 12. The van der Waals surface area contributed by atoms with Crippen molar-refractivity contribution in [3.63, 3.8) is 0 Å². The molecule has 1 heteroatoms. The molecule has 0 aliphatic carbocycles. The molecule has 0 bridgehead atoms. The second-order valence-corrected chi connectivity index (χ2v) is 11.9. The topological polar surface area (TPSA) is 0 Å². The van der Waals surface area contributed by atoms with Crippen molar-refractivity contribution in [2.45, 2.75) is 176 Å². The van der Waals surface area contributed by atoms with Crippen LogP contribution in [0.3, 0.4) is 0 Å². The normalized spacial score (nSPS) is 13.9. The van der Waals surface area contributed by atoms with Crippen LogP contribution < -0.4 is 0 Å². The average Bonchev–Trinajstić information content (AvgIpc) is 2.86. The van der Waals surface area contributed by atoms with E-state index < -0.39 is 0 Å². The molecule has 0 heterocycles. The molecule has 0 N–H and O–H groups in total. The number of hydrogen-bond acceptors (Lipinski definition) is 0. The highest BCUT2D eigenvalue weighted by Gasteiger charge is 2.30. The molecule has 0 aromatic rings. The molecule has 0 amide bonds. The lowest BCUT2D eigenvalue weighted by atomic mass is 9.92. The lowest BCUT2D eigenvalue weighted by Crippen LogP contribution is -2.53. The van der Waals surface area contributed by atoms with Crippen molar-refractivity contribution in [3.05, 3.63) is 0 Å². The summed E-state index contributed by atoms with van der Waals surface area (Å²) >= 11 is 0. The van der Waals surface area contributed by atoms with Crippen LogP contribution in [0.15, 0.2) is 0 Å². The van der Waals surface area contributed by atoms with E-state index in [1.807, 2.05) is 0 Å². The van der Waals surface area contributed by atoms with Crippen LogP contribution in [0.1, 0.15) is 176 Å². The molecule has 0 spiro atoms. The third-order valence-corrected chi connectivity index (χ3v) is 8.72. The van der Waals surface area contributed by atoms with Crippen molar-refractivity contribution in [1.29, 1.82) is 0 Å². The largest absolute Gasteiger partial charge is 0.323 e. The van der Waals surface area contributed by atoms with Crippen LogP contribution in [-0.4, -0.2) is 30.7 Å². The summed E-state index contributed by atoms with van der Waals surface area (Å²) in [7, 11) is 0. The summed E-state index contributed by atoms with van der Waals surface area (Å²) in [6, 6.07) is 0. The number of hydrogen-bond donors (Lipinski definition) is 0. The maximum Gasteiger partial charge on any atom is 0.0815 e. The predicted octanol–water partition coefficient (Wildman–Crippen LogP) is 11.3. The quantitative estimate of drug-likeness (QED) is 0.0809. The molecule has 0 aromatic heterocycles. The highest BCUT2D eigenvalue weighted by atomic mass is 15.3. The van der Waals surface area contributed by atoms with Crippen LogP contribution in [0, 0.1) is 11.8 Å². The molecule has 0 rings (SSSR count). The minimum Gasteiger partial charge on any atom is -0.323 e. The summed E-state index contributed by atoms with van der Waals surface area (Å²) in [6.45, 7) is 20.2. The zero-order chi connectivity index (χ0) is 25.3. The molecule has 0 saturated carbocycles. The molecule has 2 atom stereocenters. The minimum absolute atomic E-state index is 0.941. The summed E-state index contributed by atoms with van der Waals surface area (Å²) < 4.78 is 1.46. The van der Waals surface area contributed by atoms with Crippen LogP contribution >= 0.6 is 0 Å². The van der Waals surface area contributed by atoms with Crippen molar-refractivity contribution >= 4 is 0 Å². The summed E-state index contributed by atoms with van der Waals surface area (Å²) in [6.07, 6.45) is 30.1. The van der Waals surface area contributed by atoms with Gasteiger partial charge in [0, 0.05) is 5.92 Å². The van der Waals surface area contributed by atoms with Gasteiger partial charge in [0.05, 0.1) is 26.2 Å². The maximum absolute atomic E-state index is 2.47. The van der Waals surface area contributed by atoms with Gasteiger partial charge in [0.25, 0.3) is 0 Å². The first-order valence-electron chi connectivity index (χ1n) is 16.5. The van der Waals surface area contributed by atoms with Gasteiger partial charge in [-0.3, -0.25) is 0 Å². The van der Waals surface area contributed by atoms with E-state index in [1.165, 1.54) is 165 Å². The van der Waals surface area contributed by atoms with Crippen LogP contribution in [0.25, 0.3) is 0 Å². The fourth-order valence-corrected chi connectivity index (χ4v) is 6.03.